The first-order chi connectivity index (χ1) is 7.58. The highest BCUT2D eigenvalue weighted by atomic mass is 79.9. The van der Waals surface area contributed by atoms with Gasteiger partial charge in [-0.1, -0.05) is 22.9 Å². The molecule has 88 valence electrons. The van der Waals surface area contributed by atoms with Crippen molar-refractivity contribution >= 4 is 27.5 Å². The summed E-state index contributed by atoms with van der Waals surface area (Å²) in [6.45, 7) is 1.55. The van der Waals surface area contributed by atoms with E-state index < -0.39 is 11.7 Å². The molecule has 0 aliphatic rings. The number of carbonyl (C=O) groups excluding carboxylic acids is 1. The Balaban J connectivity index is 2.80. The van der Waals surface area contributed by atoms with Crippen LogP contribution in [0.3, 0.4) is 0 Å². The van der Waals surface area contributed by atoms with Gasteiger partial charge in [0.1, 0.15) is 5.82 Å². The fourth-order valence-corrected chi connectivity index (χ4v) is 1.59. The van der Waals surface area contributed by atoms with Crippen molar-refractivity contribution in [2.75, 3.05) is 11.9 Å². The first-order valence-electron chi connectivity index (χ1n) is 4.95. The van der Waals surface area contributed by atoms with E-state index in [4.69, 9.17) is 5.11 Å². The molecule has 0 heterocycles. The van der Waals surface area contributed by atoms with Crippen molar-refractivity contribution in [2.45, 2.75) is 13.3 Å². The number of rotatable bonds is 4. The van der Waals surface area contributed by atoms with E-state index in [0.29, 0.717) is 10.9 Å². The van der Waals surface area contributed by atoms with Gasteiger partial charge in [0.2, 0.25) is 5.91 Å². The number of hydrogen-bond acceptors (Lipinski definition) is 2. The number of amides is 1. The molecule has 5 heteroatoms. The Morgan fingerprint density at radius 3 is 2.88 bits per heavy atom. The predicted octanol–water partition coefficient (Wildman–Crippen LogP) is 2.55. The number of aliphatic hydroxyl groups excluding tert-OH is 1. The molecule has 0 aliphatic carbocycles. The number of halogens is 2. The van der Waals surface area contributed by atoms with E-state index in [-0.39, 0.29) is 18.2 Å². The lowest BCUT2D eigenvalue weighted by Gasteiger charge is -2.12. The van der Waals surface area contributed by atoms with Gasteiger partial charge in [0.25, 0.3) is 0 Å². The molecule has 1 atom stereocenters. The number of nitrogens with one attached hydrogen (secondary N) is 1. The second-order valence-electron chi connectivity index (χ2n) is 3.40. The molecular formula is C11H13BrFNO2. The van der Waals surface area contributed by atoms with E-state index in [1.54, 1.807) is 13.0 Å². The van der Waals surface area contributed by atoms with E-state index in [9.17, 15) is 9.18 Å². The molecule has 1 aromatic rings. The SMILES string of the molecule is CCC(CO)C(=O)Nc1cc(Br)ccc1F. The van der Waals surface area contributed by atoms with Crippen LogP contribution in [-0.2, 0) is 4.79 Å². The fourth-order valence-electron chi connectivity index (χ4n) is 1.23. The van der Waals surface area contributed by atoms with Crippen LogP contribution in [0.5, 0.6) is 0 Å². The molecule has 1 rings (SSSR count). The number of aliphatic hydroxyl groups is 1. The van der Waals surface area contributed by atoms with E-state index in [1.165, 1.54) is 12.1 Å². The number of benzene rings is 1. The third kappa shape index (κ3) is 3.28. The quantitative estimate of drug-likeness (QED) is 0.895. The normalized spacial score (nSPS) is 12.2. The molecule has 0 saturated carbocycles. The molecule has 0 spiro atoms. The Kier molecular flexibility index (Phi) is 4.89. The standard InChI is InChI=1S/C11H13BrFNO2/c1-2-7(6-15)11(16)14-10-5-8(12)3-4-9(10)13/h3-5,7,15H,2,6H2,1H3,(H,14,16). The number of anilines is 1. The third-order valence-electron chi connectivity index (χ3n) is 2.27. The monoisotopic (exact) mass is 289 g/mol. The summed E-state index contributed by atoms with van der Waals surface area (Å²) in [6, 6.07) is 4.30. The summed E-state index contributed by atoms with van der Waals surface area (Å²) in [5.41, 5.74) is 0.117. The molecule has 2 N–H and O–H groups in total. The Bertz CT molecular complexity index is 380. The van der Waals surface area contributed by atoms with Crippen LogP contribution in [0.25, 0.3) is 0 Å². The van der Waals surface area contributed by atoms with Gasteiger partial charge < -0.3 is 10.4 Å². The summed E-state index contributed by atoms with van der Waals surface area (Å²) < 4.78 is 14.0. The van der Waals surface area contributed by atoms with Gasteiger partial charge in [-0.3, -0.25) is 4.79 Å². The van der Waals surface area contributed by atoms with E-state index in [1.807, 2.05) is 0 Å². The van der Waals surface area contributed by atoms with Gasteiger partial charge in [-0.2, -0.15) is 0 Å². The Hall–Kier alpha value is -0.940. The van der Waals surface area contributed by atoms with Crippen molar-refractivity contribution < 1.29 is 14.3 Å². The molecule has 0 fully saturated rings. The van der Waals surface area contributed by atoms with Crippen molar-refractivity contribution in [3.05, 3.63) is 28.5 Å². The Morgan fingerprint density at radius 2 is 2.31 bits per heavy atom. The van der Waals surface area contributed by atoms with Crippen LogP contribution in [0.2, 0.25) is 0 Å². The predicted molar refractivity (Wildman–Crippen MR) is 63.6 cm³/mol. The molecule has 0 bridgehead atoms. The zero-order valence-electron chi connectivity index (χ0n) is 8.84. The highest BCUT2D eigenvalue weighted by molar-refractivity contribution is 9.10. The molecule has 0 aromatic heterocycles. The molecule has 3 nitrogen and oxygen atoms in total. The smallest absolute Gasteiger partial charge is 0.229 e. The summed E-state index contributed by atoms with van der Waals surface area (Å²) >= 11 is 3.19. The molecule has 0 radical (unpaired) electrons. The van der Waals surface area contributed by atoms with Crippen molar-refractivity contribution in [3.63, 3.8) is 0 Å². The maximum Gasteiger partial charge on any atom is 0.229 e. The van der Waals surface area contributed by atoms with E-state index in [0.717, 1.165) is 0 Å². The molecule has 16 heavy (non-hydrogen) atoms. The first kappa shape index (κ1) is 13.1. The van der Waals surface area contributed by atoms with Gasteiger partial charge in [-0.15, -0.1) is 0 Å². The highest BCUT2D eigenvalue weighted by Crippen LogP contribution is 2.20. The first-order valence-corrected chi connectivity index (χ1v) is 5.74. The largest absolute Gasteiger partial charge is 0.396 e. The minimum Gasteiger partial charge on any atom is -0.396 e. The molecule has 1 amide bonds. The van der Waals surface area contributed by atoms with Gasteiger partial charge in [0.15, 0.2) is 0 Å². The maximum absolute atomic E-state index is 13.3. The van der Waals surface area contributed by atoms with Gasteiger partial charge in [-0.25, -0.2) is 4.39 Å². The molecule has 0 aliphatic heterocycles. The zero-order chi connectivity index (χ0) is 12.1. The minimum absolute atomic E-state index is 0.117. The van der Waals surface area contributed by atoms with Crippen LogP contribution in [0.4, 0.5) is 10.1 Å². The zero-order valence-corrected chi connectivity index (χ0v) is 10.4. The average molecular weight is 290 g/mol. The Morgan fingerprint density at radius 1 is 1.62 bits per heavy atom. The summed E-state index contributed by atoms with van der Waals surface area (Å²) in [5.74, 6) is -1.37. The lowest BCUT2D eigenvalue weighted by Crippen LogP contribution is -2.25. The molecular weight excluding hydrogens is 277 g/mol. The summed E-state index contributed by atoms with van der Waals surface area (Å²) in [7, 11) is 0. The van der Waals surface area contributed by atoms with Crippen molar-refractivity contribution in [2.24, 2.45) is 5.92 Å². The van der Waals surface area contributed by atoms with Gasteiger partial charge in [-0.05, 0) is 24.6 Å². The lowest BCUT2D eigenvalue weighted by atomic mass is 10.1. The number of hydrogen-bond donors (Lipinski definition) is 2. The van der Waals surface area contributed by atoms with Crippen LogP contribution >= 0.6 is 15.9 Å². The van der Waals surface area contributed by atoms with Crippen LogP contribution in [0.1, 0.15) is 13.3 Å². The van der Waals surface area contributed by atoms with Crippen molar-refractivity contribution in [3.8, 4) is 0 Å². The van der Waals surface area contributed by atoms with E-state index in [2.05, 4.69) is 21.2 Å². The maximum atomic E-state index is 13.3. The summed E-state index contributed by atoms with van der Waals surface area (Å²) in [6.07, 6.45) is 0.512. The van der Waals surface area contributed by atoms with Crippen LogP contribution < -0.4 is 5.32 Å². The van der Waals surface area contributed by atoms with Crippen LogP contribution in [0.15, 0.2) is 22.7 Å². The molecule has 0 saturated heterocycles. The van der Waals surface area contributed by atoms with Gasteiger partial charge >= 0.3 is 0 Å². The fraction of sp³-hybridized carbons (Fsp3) is 0.364. The minimum atomic E-state index is -0.501. The summed E-state index contributed by atoms with van der Waals surface area (Å²) in [4.78, 5) is 11.6. The molecule has 1 unspecified atom stereocenters. The number of carbonyl (C=O) groups is 1. The second kappa shape index (κ2) is 5.96. The second-order valence-corrected chi connectivity index (χ2v) is 4.32. The topological polar surface area (TPSA) is 49.3 Å². The van der Waals surface area contributed by atoms with E-state index >= 15 is 0 Å². The van der Waals surface area contributed by atoms with Gasteiger partial charge in [0.05, 0.1) is 18.2 Å². The summed E-state index contributed by atoms with van der Waals surface area (Å²) in [5, 5.41) is 11.4. The van der Waals surface area contributed by atoms with Crippen LogP contribution in [-0.4, -0.2) is 17.6 Å². The van der Waals surface area contributed by atoms with Gasteiger partial charge in [0, 0.05) is 4.47 Å². The lowest BCUT2D eigenvalue weighted by molar-refractivity contribution is -0.121. The van der Waals surface area contributed by atoms with Crippen molar-refractivity contribution in [1.29, 1.82) is 0 Å². The Labute approximate surface area is 102 Å². The van der Waals surface area contributed by atoms with Crippen molar-refractivity contribution in [1.82, 2.24) is 0 Å². The third-order valence-corrected chi connectivity index (χ3v) is 2.76. The average Bonchev–Trinajstić information content (AvgIpc) is 2.25. The van der Waals surface area contributed by atoms with Crippen LogP contribution in [0, 0.1) is 11.7 Å². The highest BCUT2D eigenvalue weighted by Gasteiger charge is 2.16. The molecule has 1 aromatic carbocycles.